The van der Waals surface area contributed by atoms with Gasteiger partial charge in [0.15, 0.2) is 0 Å². The second-order valence-corrected chi connectivity index (χ2v) is 4.19. The molecule has 1 unspecified atom stereocenters. The highest BCUT2D eigenvalue weighted by atomic mass is 16.5. The van der Waals surface area contributed by atoms with Crippen molar-refractivity contribution in [1.29, 1.82) is 0 Å². The van der Waals surface area contributed by atoms with Gasteiger partial charge in [-0.3, -0.25) is 9.69 Å². The van der Waals surface area contributed by atoms with E-state index in [1.165, 1.54) is 7.11 Å². The standard InChI is InChI=1S/C12H23NO2/c1-6-7-8-9-10-12(2,13(3)4)11(14)15-5/h6H,1,7-10H2,2-5H3. The average molecular weight is 213 g/mol. The number of carbonyl (C=O) groups is 1. The number of unbranched alkanes of at least 4 members (excludes halogenated alkanes) is 2. The number of likely N-dealkylation sites (N-methyl/N-ethyl adjacent to an activating group) is 1. The summed E-state index contributed by atoms with van der Waals surface area (Å²) in [6.45, 7) is 5.60. The first-order valence-electron chi connectivity index (χ1n) is 5.35. The topological polar surface area (TPSA) is 29.5 Å². The first kappa shape index (κ1) is 14.2. The van der Waals surface area contributed by atoms with Crippen molar-refractivity contribution < 1.29 is 9.53 Å². The molecule has 0 aromatic heterocycles. The van der Waals surface area contributed by atoms with Crippen LogP contribution < -0.4 is 0 Å². The predicted molar refractivity (Wildman–Crippen MR) is 62.8 cm³/mol. The zero-order valence-electron chi connectivity index (χ0n) is 10.4. The van der Waals surface area contributed by atoms with Gasteiger partial charge in [0.05, 0.1) is 7.11 Å². The van der Waals surface area contributed by atoms with Gasteiger partial charge < -0.3 is 4.74 Å². The van der Waals surface area contributed by atoms with E-state index in [2.05, 4.69) is 6.58 Å². The number of ether oxygens (including phenoxy) is 1. The summed E-state index contributed by atoms with van der Waals surface area (Å²) in [5, 5.41) is 0. The largest absolute Gasteiger partial charge is 0.468 e. The molecule has 0 saturated heterocycles. The first-order valence-corrected chi connectivity index (χ1v) is 5.35. The summed E-state index contributed by atoms with van der Waals surface area (Å²) in [6, 6.07) is 0. The van der Waals surface area contributed by atoms with Crippen LogP contribution in [0.4, 0.5) is 0 Å². The van der Waals surface area contributed by atoms with Crippen molar-refractivity contribution in [2.24, 2.45) is 0 Å². The number of nitrogens with zero attached hydrogens (tertiary/aromatic N) is 1. The molecule has 0 aromatic carbocycles. The zero-order chi connectivity index (χ0) is 11.9. The summed E-state index contributed by atoms with van der Waals surface area (Å²) < 4.78 is 4.83. The Hall–Kier alpha value is -0.830. The second kappa shape index (κ2) is 6.62. The van der Waals surface area contributed by atoms with E-state index in [4.69, 9.17) is 4.74 Å². The number of methoxy groups -OCH3 is 1. The number of hydrogen-bond donors (Lipinski definition) is 0. The molecule has 0 amide bonds. The molecule has 3 nitrogen and oxygen atoms in total. The molecule has 0 spiro atoms. The van der Waals surface area contributed by atoms with E-state index in [1.807, 2.05) is 32.0 Å². The van der Waals surface area contributed by atoms with Crippen LogP contribution in [0.1, 0.15) is 32.6 Å². The molecule has 0 heterocycles. The van der Waals surface area contributed by atoms with Crippen molar-refractivity contribution in [3.05, 3.63) is 12.7 Å². The van der Waals surface area contributed by atoms with E-state index in [-0.39, 0.29) is 5.97 Å². The van der Waals surface area contributed by atoms with Crippen LogP contribution in [0, 0.1) is 0 Å². The summed E-state index contributed by atoms with van der Waals surface area (Å²) in [7, 11) is 5.25. The average Bonchev–Trinajstić information content (AvgIpc) is 2.22. The molecular formula is C12H23NO2. The molecule has 0 radical (unpaired) electrons. The van der Waals surface area contributed by atoms with Gasteiger partial charge in [-0.25, -0.2) is 0 Å². The van der Waals surface area contributed by atoms with Crippen LogP contribution in [0.5, 0.6) is 0 Å². The quantitative estimate of drug-likeness (QED) is 0.369. The van der Waals surface area contributed by atoms with Crippen molar-refractivity contribution in [2.45, 2.75) is 38.1 Å². The van der Waals surface area contributed by atoms with Gasteiger partial charge in [-0.05, 0) is 40.3 Å². The Kier molecular flexibility index (Phi) is 6.25. The van der Waals surface area contributed by atoms with E-state index in [9.17, 15) is 4.79 Å². The van der Waals surface area contributed by atoms with Gasteiger partial charge in [0.25, 0.3) is 0 Å². The molecule has 0 aromatic rings. The predicted octanol–water partition coefficient (Wildman–Crippen LogP) is 2.23. The molecule has 0 saturated carbocycles. The van der Waals surface area contributed by atoms with Crippen LogP contribution in [-0.2, 0) is 9.53 Å². The lowest BCUT2D eigenvalue weighted by molar-refractivity contribution is -0.153. The zero-order valence-corrected chi connectivity index (χ0v) is 10.4. The Morgan fingerprint density at radius 1 is 1.47 bits per heavy atom. The minimum Gasteiger partial charge on any atom is -0.468 e. The second-order valence-electron chi connectivity index (χ2n) is 4.19. The molecule has 0 aliphatic carbocycles. The van der Waals surface area contributed by atoms with Gasteiger partial charge in [-0.2, -0.15) is 0 Å². The molecule has 0 aliphatic rings. The lowest BCUT2D eigenvalue weighted by Gasteiger charge is -2.33. The molecule has 0 N–H and O–H groups in total. The van der Waals surface area contributed by atoms with Gasteiger partial charge >= 0.3 is 5.97 Å². The maximum Gasteiger partial charge on any atom is 0.325 e. The summed E-state index contributed by atoms with van der Waals surface area (Å²) in [6.07, 6.45) is 5.82. The van der Waals surface area contributed by atoms with E-state index >= 15 is 0 Å². The Bertz CT molecular complexity index is 214. The van der Waals surface area contributed by atoms with Gasteiger partial charge in [-0.15, -0.1) is 6.58 Å². The highest BCUT2D eigenvalue weighted by Crippen LogP contribution is 2.21. The van der Waals surface area contributed by atoms with Gasteiger partial charge in [-0.1, -0.05) is 12.5 Å². The first-order chi connectivity index (χ1) is 6.99. The van der Waals surface area contributed by atoms with Crippen LogP contribution in [0.25, 0.3) is 0 Å². The molecule has 0 bridgehead atoms. The van der Waals surface area contributed by atoms with Crippen molar-refractivity contribution in [1.82, 2.24) is 4.90 Å². The molecule has 0 aliphatic heterocycles. The Labute approximate surface area is 93.1 Å². The maximum atomic E-state index is 11.7. The minimum absolute atomic E-state index is 0.161. The molecule has 15 heavy (non-hydrogen) atoms. The fraction of sp³-hybridized carbons (Fsp3) is 0.750. The van der Waals surface area contributed by atoms with Crippen LogP contribution in [0.15, 0.2) is 12.7 Å². The van der Waals surface area contributed by atoms with E-state index in [1.54, 1.807) is 0 Å². The van der Waals surface area contributed by atoms with Crippen LogP contribution in [0.2, 0.25) is 0 Å². The molecule has 0 rings (SSSR count). The molecule has 0 fully saturated rings. The molecular weight excluding hydrogens is 190 g/mol. The smallest absolute Gasteiger partial charge is 0.325 e. The van der Waals surface area contributed by atoms with Crippen molar-refractivity contribution in [2.75, 3.05) is 21.2 Å². The highest BCUT2D eigenvalue weighted by Gasteiger charge is 2.35. The van der Waals surface area contributed by atoms with Gasteiger partial charge in [0.2, 0.25) is 0 Å². The van der Waals surface area contributed by atoms with Crippen LogP contribution in [0.3, 0.4) is 0 Å². The third kappa shape index (κ3) is 4.04. The van der Waals surface area contributed by atoms with E-state index < -0.39 is 5.54 Å². The van der Waals surface area contributed by atoms with E-state index in [0.717, 1.165) is 25.7 Å². The lowest BCUT2D eigenvalue weighted by Crippen LogP contribution is -2.49. The molecule has 88 valence electrons. The van der Waals surface area contributed by atoms with Crippen LogP contribution >= 0.6 is 0 Å². The van der Waals surface area contributed by atoms with Crippen molar-refractivity contribution in [3.63, 3.8) is 0 Å². The summed E-state index contributed by atoms with van der Waals surface area (Å²) in [5.74, 6) is -0.161. The molecule has 1 atom stereocenters. The van der Waals surface area contributed by atoms with Gasteiger partial charge in [0.1, 0.15) is 5.54 Å². The summed E-state index contributed by atoms with van der Waals surface area (Å²) in [5.41, 5.74) is -0.504. The molecule has 3 heteroatoms. The summed E-state index contributed by atoms with van der Waals surface area (Å²) in [4.78, 5) is 13.6. The number of allylic oxidation sites excluding steroid dienone is 1. The third-order valence-corrected chi connectivity index (χ3v) is 2.93. The Morgan fingerprint density at radius 3 is 2.47 bits per heavy atom. The summed E-state index contributed by atoms with van der Waals surface area (Å²) >= 11 is 0. The van der Waals surface area contributed by atoms with Crippen molar-refractivity contribution in [3.8, 4) is 0 Å². The number of esters is 1. The normalized spacial score (nSPS) is 14.7. The fourth-order valence-electron chi connectivity index (χ4n) is 1.49. The third-order valence-electron chi connectivity index (χ3n) is 2.93. The van der Waals surface area contributed by atoms with Crippen LogP contribution in [-0.4, -0.2) is 37.6 Å². The number of carbonyl (C=O) groups excluding carboxylic acids is 1. The monoisotopic (exact) mass is 213 g/mol. The van der Waals surface area contributed by atoms with Gasteiger partial charge in [0, 0.05) is 0 Å². The Morgan fingerprint density at radius 2 is 2.07 bits per heavy atom. The van der Waals surface area contributed by atoms with Crippen molar-refractivity contribution >= 4 is 5.97 Å². The number of hydrogen-bond acceptors (Lipinski definition) is 3. The Balaban J connectivity index is 4.26. The SMILES string of the molecule is C=CCCCCC(C)(C(=O)OC)N(C)C. The number of rotatable bonds is 7. The maximum absolute atomic E-state index is 11.7. The lowest BCUT2D eigenvalue weighted by atomic mass is 9.93. The highest BCUT2D eigenvalue weighted by molar-refractivity contribution is 5.80. The minimum atomic E-state index is -0.504. The van der Waals surface area contributed by atoms with E-state index in [0.29, 0.717) is 0 Å². The fourth-order valence-corrected chi connectivity index (χ4v) is 1.49.